The Labute approximate surface area is 93.8 Å². The second-order valence-corrected chi connectivity index (χ2v) is 4.22. The Balaban J connectivity index is 2.20. The van der Waals surface area contributed by atoms with Crippen molar-refractivity contribution in [2.75, 3.05) is 14.2 Å². The minimum atomic E-state index is -0.866. The molecule has 2 rings (SSSR count). The zero-order chi connectivity index (χ0) is 11.7. The van der Waals surface area contributed by atoms with E-state index in [-0.39, 0.29) is 0 Å². The lowest BCUT2D eigenvalue weighted by atomic mass is 10.1. The van der Waals surface area contributed by atoms with E-state index in [9.17, 15) is 8.78 Å². The molecule has 2 nitrogen and oxygen atoms in total. The van der Waals surface area contributed by atoms with Crippen LogP contribution in [0.5, 0.6) is 5.75 Å². The summed E-state index contributed by atoms with van der Waals surface area (Å²) in [5.74, 6) is -1.28. The first-order chi connectivity index (χ1) is 7.61. The van der Waals surface area contributed by atoms with Crippen LogP contribution in [0.2, 0.25) is 0 Å². The van der Waals surface area contributed by atoms with Gasteiger partial charge in [-0.3, -0.25) is 4.90 Å². The number of ether oxygens (including phenoxy) is 1. The predicted octanol–water partition coefficient (Wildman–Crippen LogP) is 2.57. The highest BCUT2D eigenvalue weighted by Gasteiger charge is 2.26. The van der Waals surface area contributed by atoms with Crippen molar-refractivity contribution in [2.24, 2.45) is 0 Å². The molecule has 0 aliphatic heterocycles. The molecule has 1 saturated carbocycles. The van der Waals surface area contributed by atoms with E-state index < -0.39 is 11.6 Å². The lowest BCUT2D eigenvalue weighted by Gasteiger charge is -2.17. The molecule has 0 N–H and O–H groups in total. The largest absolute Gasteiger partial charge is 0.496 e. The van der Waals surface area contributed by atoms with Gasteiger partial charge in [0.25, 0.3) is 0 Å². The van der Waals surface area contributed by atoms with Gasteiger partial charge in [-0.15, -0.1) is 0 Å². The third-order valence-corrected chi connectivity index (χ3v) is 2.91. The molecule has 0 heterocycles. The second-order valence-electron chi connectivity index (χ2n) is 4.22. The van der Waals surface area contributed by atoms with Crippen molar-refractivity contribution in [1.29, 1.82) is 0 Å². The summed E-state index contributed by atoms with van der Waals surface area (Å²) in [6, 6.07) is 2.90. The van der Waals surface area contributed by atoms with E-state index in [1.165, 1.54) is 26.0 Å². The Kier molecular flexibility index (Phi) is 3.10. The van der Waals surface area contributed by atoms with Crippen molar-refractivity contribution in [3.63, 3.8) is 0 Å². The number of hydrogen-bond donors (Lipinski definition) is 0. The van der Waals surface area contributed by atoms with Crippen molar-refractivity contribution in [3.8, 4) is 5.75 Å². The van der Waals surface area contributed by atoms with Gasteiger partial charge < -0.3 is 4.74 Å². The molecule has 0 unspecified atom stereocenters. The third kappa shape index (κ3) is 2.32. The Bertz CT molecular complexity index is 391. The Hall–Kier alpha value is -1.16. The summed E-state index contributed by atoms with van der Waals surface area (Å²) < 4.78 is 31.1. The molecule has 0 spiro atoms. The monoisotopic (exact) mass is 227 g/mol. The number of nitrogens with zero attached hydrogens (tertiary/aromatic N) is 1. The zero-order valence-corrected chi connectivity index (χ0v) is 9.46. The van der Waals surface area contributed by atoms with Crippen molar-refractivity contribution in [3.05, 3.63) is 29.3 Å². The molecule has 1 aliphatic rings. The highest BCUT2D eigenvalue weighted by molar-refractivity contribution is 5.34. The molecule has 16 heavy (non-hydrogen) atoms. The second kappa shape index (κ2) is 4.37. The van der Waals surface area contributed by atoms with E-state index in [1.54, 1.807) is 0 Å². The van der Waals surface area contributed by atoms with Crippen LogP contribution >= 0.6 is 0 Å². The average molecular weight is 227 g/mol. The normalized spacial score (nSPS) is 15.6. The van der Waals surface area contributed by atoms with Crippen LogP contribution in [0, 0.1) is 11.6 Å². The van der Waals surface area contributed by atoms with Crippen LogP contribution in [0.15, 0.2) is 12.1 Å². The molecule has 0 radical (unpaired) electrons. The Morgan fingerprint density at radius 3 is 2.50 bits per heavy atom. The standard InChI is InChI=1S/C12H15F2NO/c1-15(9-3-4-9)7-8-5-10(13)11(14)6-12(8)16-2/h5-6,9H,3-4,7H2,1-2H3. The molecule has 0 bridgehead atoms. The van der Waals surface area contributed by atoms with Crippen LogP contribution in [0.4, 0.5) is 8.78 Å². The van der Waals surface area contributed by atoms with Gasteiger partial charge >= 0.3 is 0 Å². The van der Waals surface area contributed by atoms with E-state index in [4.69, 9.17) is 4.74 Å². The lowest BCUT2D eigenvalue weighted by Crippen LogP contribution is -2.20. The quantitative estimate of drug-likeness (QED) is 0.783. The average Bonchev–Trinajstić information content (AvgIpc) is 3.06. The van der Waals surface area contributed by atoms with Gasteiger partial charge in [-0.2, -0.15) is 0 Å². The predicted molar refractivity (Wildman–Crippen MR) is 57.4 cm³/mol. The Morgan fingerprint density at radius 1 is 1.31 bits per heavy atom. The van der Waals surface area contributed by atoms with Gasteiger partial charge in [0.05, 0.1) is 7.11 Å². The van der Waals surface area contributed by atoms with Gasteiger partial charge in [0.1, 0.15) is 5.75 Å². The van der Waals surface area contributed by atoms with E-state index in [2.05, 4.69) is 4.90 Å². The highest BCUT2D eigenvalue weighted by atomic mass is 19.2. The minimum Gasteiger partial charge on any atom is -0.496 e. The van der Waals surface area contributed by atoms with Crippen LogP contribution < -0.4 is 4.74 Å². The molecule has 1 fully saturated rings. The fourth-order valence-electron chi connectivity index (χ4n) is 1.80. The first kappa shape index (κ1) is 11.3. The van der Waals surface area contributed by atoms with Gasteiger partial charge in [-0.1, -0.05) is 0 Å². The van der Waals surface area contributed by atoms with Gasteiger partial charge in [-0.05, 0) is 26.0 Å². The summed E-state index contributed by atoms with van der Waals surface area (Å²) in [6.45, 7) is 0.588. The lowest BCUT2D eigenvalue weighted by molar-refractivity contribution is 0.306. The summed E-state index contributed by atoms with van der Waals surface area (Å²) in [7, 11) is 3.45. The number of rotatable bonds is 4. The van der Waals surface area contributed by atoms with E-state index in [1.807, 2.05) is 7.05 Å². The van der Waals surface area contributed by atoms with Gasteiger partial charge in [0.2, 0.25) is 0 Å². The van der Waals surface area contributed by atoms with Crippen molar-refractivity contribution < 1.29 is 13.5 Å². The van der Waals surface area contributed by atoms with Crippen molar-refractivity contribution >= 4 is 0 Å². The summed E-state index contributed by atoms with van der Waals surface area (Å²) in [4.78, 5) is 2.13. The molecular formula is C12H15F2NO. The summed E-state index contributed by atoms with van der Waals surface area (Å²) in [6.07, 6.45) is 2.37. The third-order valence-electron chi connectivity index (χ3n) is 2.91. The van der Waals surface area contributed by atoms with Crippen molar-refractivity contribution in [2.45, 2.75) is 25.4 Å². The zero-order valence-electron chi connectivity index (χ0n) is 9.46. The topological polar surface area (TPSA) is 12.5 Å². The Morgan fingerprint density at radius 2 is 1.94 bits per heavy atom. The fraction of sp³-hybridized carbons (Fsp3) is 0.500. The molecule has 1 aromatic rings. The van der Waals surface area contributed by atoms with Gasteiger partial charge in [-0.25, -0.2) is 8.78 Å². The van der Waals surface area contributed by atoms with E-state index >= 15 is 0 Å². The molecule has 4 heteroatoms. The first-order valence-corrected chi connectivity index (χ1v) is 5.34. The minimum absolute atomic E-state index is 0.409. The van der Waals surface area contributed by atoms with Crippen molar-refractivity contribution in [1.82, 2.24) is 4.90 Å². The summed E-state index contributed by atoms with van der Waals surface area (Å²) in [5.41, 5.74) is 0.691. The number of benzene rings is 1. The molecule has 1 aromatic carbocycles. The molecule has 0 aromatic heterocycles. The van der Waals surface area contributed by atoms with E-state index in [0.717, 1.165) is 6.07 Å². The van der Waals surface area contributed by atoms with Gasteiger partial charge in [0, 0.05) is 24.2 Å². The van der Waals surface area contributed by atoms with Crippen LogP contribution in [-0.2, 0) is 6.54 Å². The number of hydrogen-bond acceptors (Lipinski definition) is 2. The maximum atomic E-state index is 13.1. The molecule has 0 saturated heterocycles. The molecule has 88 valence electrons. The van der Waals surface area contributed by atoms with E-state index in [0.29, 0.717) is 23.9 Å². The first-order valence-electron chi connectivity index (χ1n) is 5.34. The van der Waals surface area contributed by atoms with Crippen LogP contribution in [0.1, 0.15) is 18.4 Å². The number of halogens is 2. The summed E-state index contributed by atoms with van der Waals surface area (Å²) in [5, 5.41) is 0. The highest BCUT2D eigenvalue weighted by Crippen LogP contribution is 2.29. The maximum absolute atomic E-state index is 13.1. The van der Waals surface area contributed by atoms with Crippen LogP contribution in [-0.4, -0.2) is 25.1 Å². The van der Waals surface area contributed by atoms with Crippen LogP contribution in [0.3, 0.4) is 0 Å². The molecule has 1 aliphatic carbocycles. The van der Waals surface area contributed by atoms with Crippen LogP contribution in [0.25, 0.3) is 0 Å². The maximum Gasteiger partial charge on any atom is 0.162 e. The molecular weight excluding hydrogens is 212 g/mol. The fourth-order valence-corrected chi connectivity index (χ4v) is 1.80. The smallest absolute Gasteiger partial charge is 0.162 e. The SMILES string of the molecule is COc1cc(F)c(F)cc1CN(C)C1CC1. The number of methoxy groups -OCH3 is 1. The summed E-state index contributed by atoms with van der Waals surface area (Å²) >= 11 is 0. The molecule has 0 amide bonds. The molecule has 0 atom stereocenters. The van der Waals surface area contributed by atoms with Gasteiger partial charge in [0.15, 0.2) is 11.6 Å².